The van der Waals surface area contributed by atoms with Crippen LogP contribution in [0.25, 0.3) is 0 Å². The SMILES string of the molecule is Cc1ccc(C)c(C(C#CC(C)(C)C)C#CC(C)(C)C)c1. The van der Waals surface area contributed by atoms with Crippen molar-refractivity contribution in [3.63, 3.8) is 0 Å². The minimum absolute atomic E-state index is 0.000603. The van der Waals surface area contributed by atoms with E-state index < -0.39 is 0 Å². The Morgan fingerprint density at radius 2 is 1.29 bits per heavy atom. The van der Waals surface area contributed by atoms with Gasteiger partial charge in [-0.25, -0.2) is 0 Å². The van der Waals surface area contributed by atoms with Gasteiger partial charge in [-0.3, -0.25) is 0 Å². The Bertz CT molecular complexity index is 578. The van der Waals surface area contributed by atoms with Gasteiger partial charge in [0.15, 0.2) is 0 Å². The predicted molar refractivity (Wildman–Crippen MR) is 93.1 cm³/mol. The van der Waals surface area contributed by atoms with Crippen LogP contribution in [0.15, 0.2) is 18.2 Å². The number of aryl methyl sites for hydroxylation is 2. The van der Waals surface area contributed by atoms with Crippen LogP contribution in [-0.2, 0) is 0 Å². The lowest BCUT2D eigenvalue weighted by Gasteiger charge is -2.13. The number of hydrogen-bond donors (Lipinski definition) is 0. The second-order valence-electron chi connectivity index (χ2n) is 7.83. The summed E-state index contributed by atoms with van der Waals surface area (Å²) in [5.41, 5.74) is 3.76. The summed E-state index contributed by atoms with van der Waals surface area (Å²) in [5.74, 6) is 13.5. The highest BCUT2D eigenvalue weighted by molar-refractivity contribution is 5.44. The second-order valence-corrected chi connectivity index (χ2v) is 7.83. The number of rotatable bonds is 1. The van der Waals surface area contributed by atoms with Gasteiger partial charge in [-0.05, 0) is 66.5 Å². The van der Waals surface area contributed by atoms with E-state index in [1.165, 1.54) is 16.7 Å². The fourth-order valence-corrected chi connectivity index (χ4v) is 1.84. The van der Waals surface area contributed by atoms with E-state index in [4.69, 9.17) is 0 Å². The van der Waals surface area contributed by atoms with Crippen molar-refractivity contribution in [3.8, 4) is 23.7 Å². The summed E-state index contributed by atoms with van der Waals surface area (Å²) in [4.78, 5) is 0. The fourth-order valence-electron chi connectivity index (χ4n) is 1.84. The molecule has 0 aromatic heterocycles. The summed E-state index contributed by atoms with van der Waals surface area (Å²) in [7, 11) is 0. The molecule has 112 valence electrons. The fraction of sp³-hybridized carbons (Fsp3) is 0.524. The Labute approximate surface area is 131 Å². The molecule has 0 atom stereocenters. The summed E-state index contributed by atoms with van der Waals surface area (Å²) in [5, 5.41) is 0. The zero-order valence-corrected chi connectivity index (χ0v) is 14.8. The Morgan fingerprint density at radius 3 is 1.71 bits per heavy atom. The van der Waals surface area contributed by atoms with Crippen LogP contribution in [0.5, 0.6) is 0 Å². The molecule has 0 radical (unpaired) electrons. The first kappa shape index (κ1) is 17.4. The summed E-state index contributed by atoms with van der Waals surface area (Å²) < 4.78 is 0. The van der Waals surface area contributed by atoms with Crippen molar-refractivity contribution < 1.29 is 0 Å². The Hall–Kier alpha value is -1.66. The van der Waals surface area contributed by atoms with Gasteiger partial charge >= 0.3 is 0 Å². The lowest BCUT2D eigenvalue weighted by Crippen LogP contribution is -2.04. The molecule has 0 fully saturated rings. The van der Waals surface area contributed by atoms with Crippen LogP contribution in [0.4, 0.5) is 0 Å². The molecule has 21 heavy (non-hydrogen) atoms. The van der Waals surface area contributed by atoms with Gasteiger partial charge in [-0.1, -0.05) is 47.4 Å². The monoisotopic (exact) mass is 280 g/mol. The second kappa shape index (κ2) is 6.41. The molecule has 0 unspecified atom stereocenters. The van der Waals surface area contributed by atoms with Gasteiger partial charge in [-0.15, -0.1) is 0 Å². The predicted octanol–water partition coefficient (Wildman–Crippen LogP) is 5.49. The zero-order valence-electron chi connectivity index (χ0n) is 14.8. The largest absolute Gasteiger partial charge is 0.106 e. The van der Waals surface area contributed by atoms with Crippen LogP contribution >= 0.6 is 0 Å². The average molecular weight is 280 g/mol. The quantitative estimate of drug-likeness (QED) is 0.597. The van der Waals surface area contributed by atoms with E-state index in [0.717, 1.165) is 0 Å². The van der Waals surface area contributed by atoms with Gasteiger partial charge < -0.3 is 0 Å². The van der Waals surface area contributed by atoms with E-state index >= 15 is 0 Å². The van der Waals surface area contributed by atoms with E-state index in [9.17, 15) is 0 Å². The smallest absolute Gasteiger partial charge is 0.0957 e. The van der Waals surface area contributed by atoms with Crippen molar-refractivity contribution >= 4 is 0 Å². The van der Waals surface area contributed by atoms with Gasteiger partial charge in [-0.2, -0.15) is 0 Å². The van der Waals surface area contributed by atoms with E-state index in [-0.39, 0.29) is 16.7 Å². The first-order chi connectivity index (χ1) is 9.48. The minimum Gasteiger partial charge on any atom is -0.0957 e. The van der Waals surface area contributed by atoms with Crippen molar-refractivity contribution in [3.05, 3.63) is 34.9 Å². The van der Waals surface area contributed by atoms with Crippen molar-refractivity contribution in [1.29, 1.82) is 0 Å². The third kappa shape index (κ3) is 6.55. The molecule has 0 N–H and O–H groups in total. The molecule has 1 aromatic rings. The molecule has 0 nitrogen and oxygen atoms in total. The molecule has 0 bridgehead atoms. The first-order valence-corrected chi connectivity index (χ1v) is 7.60. The Kier molecular flexibility index (Phi) is 5.31. The third-order valence-electron chi connectivity index (χ3n) is 2.93. The van der Waals surface area contributed by atoms with Crippen molar-refractivity contribution in [2.24, 2.45) is 10.8 Å². The van der Waals surface area contributed by atoms with Crippen LogP contribution in [0, 0.1) is 48.4 Å². The topological polar surface area (TPSA) is 0 Å². The minimum atomic E-state index is -0.0108. The Balaban J connectivity index is 3.33. The summed E-state index contributed by atoms with van der Waals surface area (Å²) in [6, 6.07) is 6.52. The molecule has 0 amide bonds. The zero-order chi connectivity index (χ0) is 16.3. The molecule has 0 aliphatic rings. The van der Waals surface area contributed by atoms with Gasteiger partial charge in [0.2, 0.25) is 0 Å². The molecule has 0 saturated carbocycles. The van der Waals surface area contributed by atoms with Crippen LogP contribution in [0.3, 0.4) is 0 Å². The van der Waals surface area contributed by atoms with E-state index in [0.29, 0.717) is 0 Å². The van der Waals surface area contributed by atoms with Gasteiger partial charge in [0.25, 0.3) is 0 Å². The Morgan fingerprint density at radius 1 is 0.810 bits per heavy atom. The van der Waals surface area contributed by atoms with Gasteiger partial charge in [0.1, 0.15) is 5.92 Å². The summed E-state index contributed by atoms with van der Waals surface area (Å²) >= 11 is 0. The first-order valence-electron chi connectivity index (χ1n) is 7.60. The molecular weight excluding hydrogens is 252 g/mol. The molecule has 0 saturated heterocycles. The van der Waals surface area contributed by atoms with E-state index in [1.807, 2.05) is 0 Å². The number of hydrogen-bond acceptors (Lipinski definition) is 0. The molecule has 0 aliphatic carbocycles. The highest BCUT2D eigenvalue weighted by atomic mass is 14.1. The third-order valence-corrected chi connectivity index (χ3v) is 2.93. The van der Waals surface area contributed by atoms with Crippen LogP contribution in [0.2, 0.25) is 0 Å². The van der Waals surface area contributed by atoms with Crippen molar-refractivity contribution in [2.45, 2.75) is 61.3 Å². The maximum atomic E-state index is 3.39. The summed E-state index contributed by atoms with van der Waals surface area (Å²) in [6.45, 7) is 17.1. The molecule has 0 heteroatoms. The van der Waals surface area contributed by atoms with E-state index in [2.05, 4.69) is 97.3 Å². The molecule has 0 aliphatic heterocycles. The highest BCUT2D eigenvalue weighted by Crippen LogP contribution is 2.22. The summed E-state index contributed by atoms with van der Waals surface area (Å²) in [6.07, 6.45) is 0. The standard InChI is InChI=1S/C21H28/c1-16-9-10-17(2)19(15-16)18(11-13-20(3,4)5)12-14-21(6,7)8/h9-10,15,18H,1-8H3. The maximum absolute atomic E-state index is 3.39. The van der Waals surface area contributed by atoms with Crippen LogP contribution < -0.4 is 0 Å². The van der Waals surface area contributed by atoms with Gasteiger partial charge in [0.05, 0.1) is 0 Å². The van der Waals surface area contributed by atoms with Gasteiger partial charge in [0, 0.05) is 10.8 Å². The normalized spacial score (nSPS) is 11.5. The molecular formula is C21H28. The van der Waals surface area contributed by atoms with Crippen LogP contribution in [0.1, 0.15) is 64.2 Å². The highest BCUT2D eigenvalue weighted by Gasteiger charge is 2.12. The molecule has 0 spiro atoms. The number of benzene rings is 1. The lowest BCUT2D eigenvalue weighted by molar-refractivity contribution is 0.569. The van der Waals surface area contributed by atoms with Crippen LogP contribution in [-0.4, -0.2) is 0 Å². The lowest BCUT2D eigenvalue weighted by atomic mass is 9.89. The molecule has 0 heterocycles. The molecule has 1 aromatic carbocycles. The van der Waals surface area contributed by atoms with Crippen molar-refractivity contribution in [1.82, 2.24) is 0 Å². The van der Waals surface area contributed by atoms with E-state index in [1.54, 1.807) is 0 Å². The molecule has 1 rings (SSSR count). The average Bonchev–Trinajstić information content (AvgIpc) is 2.30. The van der Waals surface area contributed by atoms with Crippen molar-refractivity contribution in [2.75, 3.05) is 0 Å². The maximum Gasteiger partial charge on any atom is 0.106 e.